The quantitative estimate of drug-likeness (QED) is 0.869. The maximum absolute atomic E-state index is 8.58. The van der Waals surface area contributed by atoms with Crippen LogP contribution >= 0.6 is 11.3 Å². The highest BCUT2D eigenvalue weighted by Crippen LogP contribution is 2.22. The minimum absolute atomic E-state index is 0.250. The van der Waals surface area contributed by atoms with Crippen molar-refractivity contribution in [1.29, 1.82) is 0 Å². The van der Waals surface area contributed by atoms with Crippen LogP contribution in [0.25, 0.3) is 0 Å². The zero-order valence-corrected chi connectivity index (χ0v) is 13.4. The Bertz CT molecular complexity index is 346. The van der Waals surface area contributed by atoms with Crippen LogP contribution in [0.5, 0.6) is 0 Å². The van der Waals surface area contributed by atoms with Crippen LogP contribution in [-0.2, 0) is 17.8 Å². The number of rotatable bonds is 3. The molecule has 2 N–H and O–H groups in total. The number of thiazole rings is 1. The van der Waals surface area contributed by atoms with Crippen LogP contribution in [-0.4, -0.2) is 29.4 Å². The zero-order valence-electron chi connectivity index (χ0n) is 12.6. The number of carbonyl (C=O) groups is 1. The first-order valence-electron chi connectivity index (χ1n) is 7.04. The Morgan fingerprint density at radius 2 is 1.89 bits per heavy atom. The van der Waals surface area contributed by atoms with Gasteiger partial charge in [-0.1, -0.05) is 20.8 Å². The summed E-state index contributed by atoms with van der Waals surface area (Å²) in [5, 5.41) is 1.29. The van der Waals surface area contributed by atoms with Crippen LogP contribution in [0, 0.1) is 6.92 Å². The first-order valence-corrected chi connectivity index (χ1v) is 7.85. The van der Waals surface area contributed by atoms with Crippen molar-refractivity contribution in [2.75, 3.05) is 13.1 Å². The number of aromatic nitrogens is 1. The Balaban J connectivity index is 0.000000573. The van der Waals surface area contributed by atoms with Gasteiger partial charge < -0.3 is 5.73 Å². The highest BCUT2D eigenvalue weighted by Gasteiger charge is 2.14. The standard InChI is InChI=1S/C11H18N2S.C2H6.CH3NO/c1-3-11-12-9(2)10(14-11)8-13-6-4-5-7-13;1-2;2-1-3/h3-8H2,1-2H3;1-2H3;1H,(H2,2,3). The summed E-state index contributed by atoms with van der Waals surface area (Å²) in [5.74, 6) is 0. The minimum atomic E-state index is 0.250. The molecule has 1 aromatic heterocycles. The largest absolute Gasteiger partial charge is 0.372 e. The first kappa shape index (κ1) is 18.1. The topological polar surface area (TPSA) is 59.2 Å². The fourth-order valence-electron chi connectivity index (χ4n) is 1.93. The molecule has 0 aliphatic carbocycles. The number of carbonyl (C=O) groups excluding carboxylic acids is 1. The zero-order chi connectivity index (χ0) is 14.7. The maximum atomic E-state index is 8.58. The summed E-state index contributed by atoms with van der Waals surface area (Å²) in [4.78, 5) is 17.2. The summed E-state index contributed by atoms with van der Waals surface area (Å²) in [7, 11) is 0. The number of primary amides is 1. The van der Waals surface area contributed by atoms with Crippen LogP contribution in [0.4, 0.5) is 0 Å². The number of hydrogen-bond acceptors (Lipinski definition) is 4. The van der Waals surface area contributed by atoms with Gasteiger partial charge in [-0.15, -0.1) is 11.3 Å². The predicted octanol–water partition coefficient (Wildman–Crippen LogP) is 2.74. The van der Waals surface area contributed by atoms with Gasteiger partial charge in [-0.25, -0.2) is 4.98 Å². The van der Waals surface area contributed by atoms with Gasteiger partial charge in [-0.3, -0.25) is 9.69 Å². The molecule has 1 aliphatic heterocycles. The van der Waals surface area contributed by atoms with E-state index in [9.17, 15) is 0 Å². The van der Waals surface area contributed by atoms with Gasteiger partial charge in [0.05, 0.1) is 10.7 Å². The fourth-order valence-corrected chi connectivity index (χ4v) is 2.98. The van der Waals surface area contributed by atoms with E-state index in [0.717, 1.165) is 13.0 Å². The number of amides is 1. The molecule has 2 heterocycles. The van der Waals surface area contributed by atoms with E-state index in [0.29, 0.717) is 0 Å². The van der Waals surface area contributed by atoms with Crippen molar-refractivity contribution in [1.82, 2.24) is 9.88 Å². The molecule has 110 valence electrons. The molecule has 0 aromatic carbocycles. The Labute approximate surface area is 121 Å². The van der Waals surface area contributed by atoms with Gasteiger partial charge in [-0.05, 0) is 39.3 Å². The molecular weight excluding hydrogens is 258 g/mol. The second-order valence-corrected chi connectivity index (χ2v) is 5.26. The lowest BCUT2D eigenvalue weighted by Crippen LogP contribution is -2.18. The van der Waals surface area contributed by atoms with E-state index in [1.165, 1.54) is 41.5 Å². The molecule has 1 fully saturated rings. The van der Waals surface area contributed by atoms with Gasteiger partial charge in [0.25, 0.3) is 0 Å². The molecule has 0 bridgehead atoms. The molecule has 4 nitrogen and oxygen atoms in total. The van der Waals surface area contributed by atoms with Crippen molar-refractivity contribution in [3.63, 3.8) is 0 Å². The second-order valence-electron chi connectivity index (χ2n) is 4.09. The summed E-state index contributed by atoms with van der Waals surface area (Å²) in [5.41, 5.74) is 5.42. The van der Waals surface area contributed by atoms with Crippen molar-refractivity contribution in [3.8, 4) is 0 Å². The molecule has 19 heavy (non-hydrogen) atoms. The summed E-state index contributed by atoms with van der Waals surface area (Å²) >= 11 is 1.89. The molecule has 0 saturated carbocycles. The third-order valence-corrected chi connectivity index (χ3v) is 4.09. The first-order chi connectivity index (χ1) is 9.21. The van der Waals surface area contributed by atoms with Gasteiger partial charge in [0, 0.05) is 11.4 Å². The van der Waals surface area contributed by atoms with Crippen molar-refractivity contribution >= 4 is 17.7 Å². The van der Waals surface area contributed by atoms with Crippen LogP contribution in [0.2, 0.25) is 0 Å². The molecule has 0 radical (unpaired) electrons. The lowest BCUT2D eigenvalue weighted by atomic mass is 10.3. The molecule has 0 spiro atoms. The van der Waals surface area contributed by atoms with E-state index in [1.54, 1.807) is 0 Å². The molecule has 1 saturated heterocycles. The number of aryl methyl sites for hydroxylation is 2. The molecular formula is C14H27N3OS. The van der Waals surface area contributed by atoms with Crippen LogP contribution in [0.1, 0.15) is 49.2 Å². The smallest absolute Gasteiger partial charge is 0.204 e. The summed E-state index contributed by atoms with van der Waals surface area (Å²) < 4.78 is 0. The number of hydrogen-bond donors (Lipinski definition) is 1. The second kappa shape index (κ2) is 10.9. The van der Waals surface area contributed by atoms with E-state index < -0.39 is 0 Å². The highest BCUT2D eigenvalue weighted by atomic mass is 32.1. The Morgan fingerprint density at radius 3 is 2.32 bits per heavy atom. The predicted molar refractivity (Wildman–Crippen MR) is 82.3 cm³/mol. The Morgan fingerprint density at radius 1 is 1.37 bits per heavy atom. The van der Waals surface area contributed by atoms with Gasteiger partial charge in [0.1, 0.15) is 0 Å². The summed E-state index contributed by atoms with van der Waals surface area (Å²) in [6.45, 7) is 12.0. The fraction of sp³-hybridized carbons (Fsp3) is 0.714. The van der Waals surface area contributed by atoms with E-state index in [1.807, 2.05) is 25.2 Å². The molecule has 2 rings (SSSR count). The van der Waals surface area contributed by atoms with E-state index in [-0.39, 0.29) is 6.41 Å². The van der Waals surface area contributed by atoms with Crippen molar-refractivity contribution in [2.24, 2.45) is 5.73 Å². The summed E-state index contributed by atoms with van der Waals surface area (Å²) in [6, 6.07) is 0. The van der Waals surface area contributed by atoms with Crippen molar-refractivity contribution in [2.45, 2.75) is 53.5 Å². The normalized spacial score (nSPS) is 14.1. The van der Waals surface area contributed by atoms with Crippen LogP contribution in [0.3, 0.4) is 0 Å². The molecule has 5 heteroatoms. The van der Waals surface area contributed by atoms with Gasteiger partial charge in [-0.2, -0.15) is 0 Å². The number of nitrogens with two attached hydrogens (primary N) is 1. The van der Waals surface area contributed by atoms with Gasteiger partial charge in [0.2, 0.25) is 6.41 Å². The minimum Gasteiger partial charge on any atom is -0.372 e. The number of likely N-dealkylation sites (tertiary alicyclic amines) is 1. The van der Waals surface area contributed by atoms with Gasteiger partial charge >= 0.3 is 0 Å². The molecule has 1 aliphatic rings. The SMILES string of the molecule is CC.CCc1nc(C)c(CN2CCCC2)s1.NC=O. The van der Waals surface area contributed by atoms with Crippen LogP contribution in [0.15, 0.2) is 0 Å². The van der Waals surface area contributed by atoms with E-state index >= 15 is 0 Å². The molecule has 0 atom stereocenters. The monoisotopic (exact) mass is 285 g/mol. The Kier molecular flexibility index (Phi) is 10.4. The third-order valence-electron chi connectivity index (χ3n) is 2.81. The average Bonchev–Trinajstić information content (AvgIpc) is 3.04. The molecule has 1 aromatic rings. The highest BCUT2D eigenvalue weighted by molar-refractivity contribution is 7.11. The van der Waals surface area contributed by atoms with E-state index in [2.05, 4.69) is 29.5 Å². The third kappa shape index (κ3) is 6.68. The van der Waals surface area contributed by atoms with Crippen molar-refractivity contribution in [3.05, 3.63) is 15.6 Å². The lowest BCUT2D eigenvalue weighted by molar-refractivity contribution is -0.106. The average molecular weight is 285 g/mol. The molecule has 0 unspecified atom stereocenters. The van der Waals surface area contributed by atoms with Crippen molar-refractivity contribution < 1.29 is 4.79 Å². The maximum Gasteiger partial charge on any atom is 0.204 e. The number of nitrogens with zero attached hydrogens (tertiary/aromatic N) is 2. The summed E-state index contributed by atoms with van der Waals surface area (Å²) in [6.07, 6.45) is 4.07. The van der Waals surface area contributed by atoms with Gasteiger partial charge in [0.15, 0.2) is 0 Å². The molecule has 1 amide bonds. The lowest BCUT2D eigenvalue weighted by Gasteiger charge is -2.12. The van der Waals surface area contributed by atoms with Crippen LogP contribution < -0.4 is 5.73 Å². The Hall–Kier alpha value is -0.940. The van der Waals surface area contributed by atoms with E-state index in [4.69, 9.17) is 4.79 Å².